The van der Waals surface area contributed by atoms with Crippen molar-refractivity contribution in [2.45, 2.75) is 32.7 Å². The minimum Gasteiger partial charge on any atom is -0.328 e. The van der Waals surface area contributed by atoms with Crippen molar-refractivity contribution in [2.75, 3.05) is 0 Å². The van der Waals surface area contributed by atoms with Crippen molar-refractivity contribution in [1.82, 2.24) is 0 Å². The van der Waals surface area contributed by atoms with Crippen LogP contribution in [0.15, 0.2) is 42.5 Å². The first-order chi connectivity index (χ1) is 9.49. The number of rotatable bonds is 4. The van der Waals surface area contributed by atoms with Crippen LogP contribution in [0.3, 0.4) is 0 Å². The van der Waals surface area contributed by atoms with E-state index in [0.29, 0.717) is 0 Å². The number of aryl methyl sites for hydroxylation is 1. The Balaban J connectivity index is 2.44. The third-order valence-electron chi connectivity index (χ3n) is 3.41. The van der Waals surface area contributed by atoms with Gasteiger partial charge in [-0.25, -0.2) is 8.78 Å². The van der Waals surface area contributed by atoms with Gasteiger partial charge in [-0.15, -0.1) is 0 Å². The average Bonchev–Trinajstić information content (AvgIpc) is 2.41. The molecule has 20 heavy (non-hydrogen) atoms. The third-order valence-corrected chi connectivity index (χ3v) is 3.41. The normalized spacial score (nSPS) is 12.7. The molecule has 0 aromatic heterocycles. The molecule has 1 atom stereocenters. The fourth-order valence-corrected chi connectivity index (χ4v) is 2.37. The highest BCUT2D eigenvalue weighted by molar-refractivity contribution is 5.69. The molecule has 2 rings (SSSR count). The summed E-state index contributed by atoms with van der Waals surface area (Å²) < 4.78 is 25.2. The molecule has 3 heteroatoms. The molecule has 0 amide bonds. The van der Waals surface area contributed by atoms with E-state index in [9.17, 15) is 8.78 Å². The summed E-state index contributed by atoms with van der Waals surface area (Å²) in [6.07, 6.45) is -1.65. The lowest BCUT2D eigenvalue weighted by Gasteiger charge is -2.15. The molecule has 0 bridgehead atoms. The Hall–Kier alpha value is -1.74. The standard InChI is InChI=1S/C17H19F2N/c1-11-4-3-5-15(16(11)10-12(2)20)13-6-8-14(9-7-13)17(18)19/h3-9,12,17H,10,20H2,1-2H3. The Morgan fingerprint density at radius 3 is 2.25 bits per heavy atom. The first kappa shape index (κ1) is 14.7. The monoisotopic (exact) mass is 275 g/mol. The highest BCUT2D eigenvalue weighted by atomic mass is 19.3. The molecular formula is C17H19F2N. The van der Waals surface area contributed by atoms with Gasteiger partial charge >= 0.3 is 0 Å². The van der Waals surface area contributed by atoms with Crippen LogP contribution in [-0.2, 0) is 6.42 Å². The molecule has 106 valence electrons. The first-order valence-electron chi connectivity index (χ1n) is 6.71. The lowest BCUT2D eigenvalue weighted by molar-refractivity contribution is 0.151. The van der Waals surface area contributed by atoms with E-state index >= 15 is 0 Å². The highest BCUT2D eigenvalue weighted by Crippen LogP contribution is 2.29. The van der Waals surface area contributed by atoms with Crippen molar-refractivity contribution < 1.29 is 8.78 Å². The summed E-state index contributed by atoms with van der Waals surface area (Å²) in [5.74, 6) is 0. The minimum atomic E-state index is -2.43. The van der Waals surface area contributed by atoms with Crippen LogP contribution in [0.2, 0.25) is 0 Å². The van der Waals surface area contributed by atoms with Gasteiger partial charge in [0.25, 0.3) is 6.43 Å². The molecule has 0 radical (unpaired) electrons. The van der Waals surface area contributed by atoms with Gasteiger partial charge in [0.2, 0.25) is 0 Å². The number of benzene rings is 2. The summed E-state index contributed by atoms with van der Waals surface area (Å²) >= 11 is 0. The number of nitrogens with two attached hydrogens (primary N) is 1. The van der Waals surface area contributed by atoms with E-state index in [1.165, 1.54) is 23.3 Å². The maximum absolute atomic E-state index is 12.6. The second-order valence-corrected chi connectivity index (χ2v) is 5.21. The van der Waals surface area contributed by atoms with Crippen molar-refractivity contribution >= 4 is 0 Å². The lowest BCUT2D eigenvalue weighted by Crippen LogP contribution is -2.18. The van der Waals surface area contributed by atoms with Gasteiger partial charge in [-0.1, -0.05) is 42.5 Å². The first-order valence-corrected chi connectivity index (χ1v) is 6.71. The predicted molar refractivity (Wildman–Crippen MR) is 78.9 cm³/mol. The fraction of sp³-hybridized carbons (Fsp3) is 0.294. The Morgan fingerprint density at radius 1 is 1.05 bits per heavy atom. The molecule has 2 aromatic carbocycles. The van der Waals surface area contributed by atoms with Crippen molar-refractivity contribution in [3.8, 4) is 11.1 Å². The number of hydrogen-bond donors (Lipinski definition) is 1. The molecule has 1 nitrogen and oxygen atoms in total. The molecule has 2 N–H and O–H groups in total. The van der Waals surface area contributed by atoms with Gasteiger partial charge in [-0.2, -0.15) is 0 Å². The van der Waals surface area contributed by atoms with E-state index in [0.717, 1.165) is 17.5 Å². The topological polar surface area (TPSA) is 26.0 Å². The number of alkyl halides is 2. The molecule has 0 heterocycles. The van der Waals surface area contributed by atoms with Gasteiger partial charge in [0, 0.05) is 11.6 Å². The fourth-order valence-electron chi connectivity index (χ4n) is 2.37. The van der Waals surface area contributed by atoms with Gasteiger partial charge in [0.1, 0.15) is 0 Å². The van der Waals surface area contributed by atoms with Crippen molar-refractivity contribution in [1.29, 1.82) is 0 Å². The lowest BCUT2D eigenvalue weighted by atomic mass is 9.92. The molecule has 0 saturated heterocycles. The Kier molecular flexibility index (Phi) is 4.50. The zero-order valence-corrected chi connectivity index (χ0v) is 11.7. The summed E-state index contributed by atoms with van der Waals surface area (Å²) in [6, 6.07) is 12.6. The van der Waals surface area contributed by atoms with Gasteiger partial charge in [0.05, 0.1) is 0 Å². The molecule has 0 spiro atoms. The molecule has 0 aliphatic rings. The molecule has 0 saturated carbocycles. The molecular weight excluding hydrogens is 256 g/mol. The smallest absolute Gasteiger partial charge is 0.263 e. The third kappa shape index (κ3) is 3.23. The van der Waals surface area contributed by atoms with Gasteiger partial charge in [-0.05, 0) is 42.5 Å². The quantitative estimate of drug-likeness (QED) is 0.874. The van der Waals surface area contributed by atoms with Crippen LogP contribution >= 0.6 is 0 Å². The van der Waals surface area contributed by atoms with E-state index in [-0.39, 0.29) is 11.6 Å². The molecule has 2 aromatic rings. The summed E-state index contributed by atoms with van der Waals surface area (Å²) in [5.41, 5.74) is 10.3. The van der Waals surface area contributed by atoms with Crippen LogP contribution in [0.5, 0.6) is 0 Å². The maximum atomic E-state index is 12.6. The summed E-state index contributed by atoms with van der Waals surface area (Å²) in [4.78, 5) is 0. The molecule has 0 fully saturated rings. The number of hydrogen-bond acceptors (Lipinski definition) is 1. The van der Waals surface area contributed by atoms with E-state index in [2.05, 4.69) is 13.0 Å². The predicted octanol–water partition coefficient (Wildman–Crippen LogP) is 4.49. The Labute approximate surface area is 118 Å². The number of halogens is 2. The largest absolute Gasteiger partial charge is 0.328 e. The van der Waals surface area contributed by atoms with E-state index in [1.807, 2.05) is 19.1 Å². The van der Waals surface area contributed by atoms with Crippen LogP contribution in [-0.4, -0.2) is 6.04 Å². The van der Waals surface area contributed by atoms with Crippen molar-refractivity contribution in [3.63, 3.8) is 0 Å². The van der Waals surface area contributed by atoms with Crippen LogP contribution in [0.1, 0.15) is 30.0 Å². The summed E-state index contributed by atoms with van der Waals surface area (Å²) in [6.45, 7) is 4.02. The molecule has 0 aliphatic carbocycles. The van der Waals surface area contributed by atoms with Gasteiger partial charge in [-0.3, -0.25) is 0 Å². The van der Waals surface area contributed by atoms with Gasteiger partial charge < -0.3 is 5.73 Å². The maximum Gasteiger partial charge on any atom is 0.263 e. The van der Waals surface area contributed by atoms with Crippen LogP contribution < -0.4 is 5.73 Å². The second-order valence-electron chi connectivity index (χ2n) is 5.21. The van der Waals surface area contributed by atoms with E-state index in [4.69, 9.17) is 5.73 Å². The second kappa shape index (κ2) is 6.14. The highest BCUT2D eigenvalue weighted by Gasteiger charge is 2.11. The Bertz CT molecular complexity index is 574. The average molecular weight is 275 g/mol. The molecule has 1 unspecified atom stereocenters. The van der Waals surface area contributed by atoms with Crippen LogP contribution in [0.25, 0.3) is 11.1 Å². The zero-order valence-electron chi connectivity index (χ0n) is 11.7. The van der Waals surface area contributed by atoms with Gasteiger partial charge in [0.15, 0.2) is 0 Å². The van der Waals surface area contributed by atoms with E-state index in [1.54, 1.807) is 12.1 Å². The van der Waals surface area contributed by atoms with Crippen molar-refractivity contribution in [3.05, 3.63) is 59.2 Å². The summed E-state index contributed by atoms with van der Waals surface area (Å²) in [7, 11) is 0. The van der Waals surface area contributed by atoms with Crippen LogP contribution in [0.4, 0.5) is 8.78 Å². The van der Waals surface area contributed by atoms with Crippen LogP contribution in [0, 0.1) is 6.92 Å². The SMILES string of the molecule is Cc1cccc(-c2ccc(C(F)F)cc2)c1CC(C)N. The summed E-state index contributed by atoms with van der Waals surface area (Å²) in [5, 5.41) is 0. The van der Waals surface area contributed by atoms with E-state index < -0.39 is 6.43 Å². The molecule has 0 aliphatic heterocycles. The Morgan fingerprint density at radius 2 is 1.70 bits per heavy atom. The minimum absolute atomic E-state index is 0.0511. The van der Waals surface area contributed by atoms with Crippen molar-refractivity contribution in [2.24, 2.45) is 5.73 Å². The zero-order chi connectivity index (χ0) is 14.7.